The Morgan fingerprint density at radius 1 is 1.10 bits per heavy atom. The summed E-state index contributed by atoms with van der Waals surface area (Å²) >= 11 is 0. The average Bonchev–Trinajstić information content (AvgIpc) is 2.42. The maximum absolute atomic E-state index is 11.7. The van der Waals surface area contributed by atoms with E-state index in [1.165, 1.54) is 32.1 Å². The molecule has 0 fully saturated rings. The quantitative estimate of drug-likeness (QED) is 0.223. The van der Waals surface area contributed by atoms with Gasteiger partial charge in [-0.05, 0) is 32.6 Å². The van der Waals surface area contributed by atoms with E-state index in [2.05, 4.69) is 17.2 Å². The van der Waals surface area contributed by atoms with Crippen LogP contribution in [0.5, 0.6) is 0 Å². The Morgan fingerprint density at radius 3 is 2.48 bits per heavy atom. The second-order valence-electron chi connectivity index (χ2n) is 5.46. The SMILES string of the molecule is CCCCCCCC(C)=CC(=O)NCCCCN=C(N)N. The molecule has 0 atom stereocenters. The number of hydrogen-bond donors (Lipinski definition) is 3. The van der Waals surface area contributed by atoms with Crippen molar-refractivity contribution in [3.05, 3.63) is 11.6 Å². The minimum Gasteiger partial charge on any atom is -0.370 e. The van der Waals surface area contributed by atoms with Gasteiger partial charge < -0.3 is 16.8 Å². The summed E-state index contributed by atoms with van der Waals surface area (Å²) in [6.45, 7) is 5.52. The normalized spacial score (nSPS) is 11.2. The lowest BCUT2D eigenvalue weighted by molar-refractivity contribution is -0.116. The minimum atomic E-state index is 0.00268. The molecule has 1 amide bonds. The predicted octanol–water partition coefficient (Wildman–Crippen LogP) is 2.46. The summed E-state index contributed by atoms with van der Waals surface area (Å²) in [5, 5.41) is 2.89. The number of hydrogen-bond acceptors (Lipinski definition) is 2. The van der Waals surface area contributed by atoms with Crippen LogP contribution in [0.15, 0.2) is 16.6 Å². The first kappa shape index (κ1) is 19.5. The highest BCUT2D eigenvalue weighted by Crippen LogP contribution is 2.10. The summed E-state index contributed by atoms with van der Waals surface area (Å²) in [6, 6.07) is 0. The number of unbranched alkanes of at least 4 members (excludes halogenated alkanes) is 5. The molecule has 0 aromatic heterocycles. The van der Waals surface area contributed by atoms with Crippen LogP contribution in [0.2, 0.25) is 0 Å². The third-order valence-corrected chi connectivity index (χ3v) is 3.23. The molecule has 0 aromatic carbocycles. The lowest BCUT2D eigenvalue weighted by Crippen LogP contribution is -2.24. The summed E-state index contributed by atoms with van der Waals surface area (Å²) in [7, 11) is 0. The van der Waals surface area contributed by atoms with E-state index >= 15 is 0 Å². The van der Waals surface area contributed by atoms with E-state index in [0.717, 1.165) is 24.8 Å². The van der Waals surface area contributed by atoms with Crippen LogP contribution in [-0.2, 0) is 4.79 Å². The minimum absolute atomic E-state index is 0.00268. The van der Waals surface area contributed by atoms with Crippen LogP contribution in [0.25, 0.3) is 0 Å². The van der Waals surface area contributed by atoms with Crippen molar-refractivity contribution in [1.29, 1.82) is 0 Å². The smallest absolute Gasteiger partial charge is 0.243 e. The van der Waals surface area contributed by atoms with E-state index in [1.807, 2.05) is 6.92 Å². The van der Waals surface area contributed by atoms with E-state index < -0.39 is 0 Å². The van der Waals surface area contributed by atoms with Crippen LogP contribution >= 0.6 is 0 Å². The Hall–Kier alpha value is -1.52. The van der Waals surface area contributed by atoms with Gasteiger partial charge in [0.05, 0.1) is 0 Å². The molecule has 5 nitrogen and oxygen atoms in total. The Balaban J connectivity index is 3.61. The fraction of sp³-hybridized carbons (Fsp3) is 0.750. The molecular formula is C16H32N4O. The van der Waals surface area contributed by atoms with Gasteiger partial charge in [0.15, 0.2) is 5.96 Å². The van der Waals surface area contributed by atoms with Gasteiger partial charge in [-0.1, -0.05) is 38.2 Å². The number of carbonyl (C=O) groups is 1. The highest BCUT2D eigenvalue weighted by Gasteiger charge is 1.98. The number of nitrogens with one attached hydrogen (secondary N) is 1. The predicted molar refractivity (Wildman–Crippen MR) is 90.1 cm³/mol. The second kappa shape index (κ2) is 13.5. The molecule has 0 aliphatic carbocycles. The summed E-state index contributed by atoms with van der Waals surface area (Å²) in [5.74, 6) is 0.124. The topological polar surface area (TPSA) is 93.5 Å². The molecule has 0 bridgehead atoms. The highest BCUT2D eigenvalue weighted by molar-refractivity contribution is 5.88. The zero-order chi connectivity index (χ0) is 15.9. The number of nitrogens with zero attached hydrogens (tertiary/aromatic N) is 1. The molecule has 0 aliphatic heterocycles. The second-order valence-corrected chi connectivity index (χ2v) is 5.46. The molecule has 0 aromatic rings. The standard InChI is InChI=1S/C16H32N4O/c1-3-4-5-6-7-10-14(2)13-15(21)19-11-8-9-12-20-16(17)18/h13H,3-12H2,1-2H3,(H,19,21)(H4,17,18,20). The van der Waals surface area contributed by atoms with Gasteiger partial charge in [-0.3, -0.25) is 9.79 Å². The maximum atomic E-state index is 11.7. The zero-order valence-corrected chi connectivity index (χ0v) is 13.7. The molecule has 5 heteroatoms. The third-order valence-electron chi connectivity index (χ3n) is 3.23. The van der Waals surface area contributed by atoms with Crippen LogP contribution in [-0.4, -0.2) is 25.0 Å². The molecule has 0 radical (unpaired) electrons. The molecule has 0 rings (SSSR count). The van der Waals surface area contributed by atoms with Crippen LogP contribution in [0.3, 0.4) is 0 Å². The summed E-state index contributed by atoms with van der Waals surface area (Å²) in [4.78, 5) is 15.6. The Bertz CT molecular complexity index is 333. The lowest BCUT2D eigenvalue weighted by Gasteiger charge is -2.04. The number of allylic oxidation sites excluding steroid dienone is 1. The van der Waals surface area contributed by atoms with Gasteiger partial charge in [0.2, 0.25) is 5.91 Å². The van der Waals surface area contributed by atoms with Gasteiger partial charge in [-0.15, -0.1) is 0 Å². The molecule has 0 saturated heterocycles. The van der Waals surface area contributed by atoms with Gasteiger partial charge in [-0.2, -0.15) is 0 Å². The van der Waals surface area contributed by atoms with E-state index in [0.29, 0.717) is 13.1 Å². The highest BCUT2D eigenvalue weighted by atomic mass is 16.1. The van der Waals surface area contributed by atoms with Gasteiger partial charge in [0.25, 0.3) is 0 Å². The van der Waals surface area contributed by atoms with E-state index in [4.69, 9.17) is 11.5 Å². The van der Waals surface area contributed by atoms with E-state index in [-0.39, 0.29) is 11.9 Å². The number of nitrogens with two attached hydrogens (primary N) is 2. The molecular weight excluding hydrogens is 264 g/mol. The molecule has 5 N–H and O–H groups in total. The number of guanidine groups is 1. The molecule has 0 saturated carbocycles. The van der Waals surface area contributed by atoms with Crippen LogP contribution in [0.4, 0.5) is 0 Å². The average molecular weight is 296 g/mol. The fourth-order valence-electron chi connectivity index (χ4n) is 2.01. The number of amides is 1. The van der Waals surface area contributed by atoms with Crippen LogP contribution in [0, 0.1) is 0 Å². The molecule has 122 valence electrons. The Labute approximate surface area is 129 Å². The van der Waals surface area contributed by atoms with Crippen molar-refractivity contribution in [2.45, 2.75) is 65.2 Å². The Kier molecular flexibility index (Phi) is 12.5. The van der Waals surface area contributed by atoms with Crippen molar-refractivity contribution in [2.24, 2.45) is 16.5 Å². The van der Waals surface area contributed by atoms with Crippen LogP contribution in [0.1, 0.15) is 65.2 Å². The van der Waals surface area contributed by atoms with Gasteiger partial charge >= 0.3 is 0 Å². The molecule has 0 aliphatic rings. The number of carbonyl (C=O) groups excluding carboxylic acids is 1. The van der Waals surface area contributed by atoms with E-state index in [1.54, 1.807) is 6.08 Å². The maximum Gasteiger partial charge on any atom is 0.243 e. The van der Waals surface area contributed by atoms with Crippen molar-refractivity contribution in [1.82, 2.24) is 5.32 Å². The molecule has 0 spiro atoms. The molecule has 21 heavy (non-hydrogen) atoms. The van der Waals surface area contributed by atoms with Crippen molar-refractivity contribution in [3.8, 4) is 0 Å². The van der Waals surface area contributed by atoms with Crippen molar-refractivity contribution >= 4 is 11.9 Å². The summed E-state index contributed by atoms with van der Waals surface area (Å²) in [5.41, 5.74) is 11.6. The van der Waals surface area contributed by atoms with Gasteiger partial charge in [-0.25, -0.2) is 0 Å². The lowest BCUT2D eigenvalue weighted by atomic mass is 10.1. The first-order valence-electron chi connectivity index (χ1n) is 8.06. The first-order chi connectivity index (χ1) is 10.1. The third kappa shape index (κ3) is 14.7. The zero-order valence-electron chi connectivity index (χ0n) is 13.7. The molecule has 0 heterocycles. The van der Waals surface area contributed by atoms with Gasteiger partial charge in [0, 0.05) is 19.2 Å². The van der Waals surface area contributed by atoms with E-state index in [9.17, 15) is 4.79 Å². The molecule has 0 unspecified atom stereocenters. The monoisotopic (exact) mass is 296 g/mol. The van der Waals surface area contributed by atoms with Gasteiger partial charge in [0.1, 0.15) is 0 Å². The first-order valence-corrected chi connectivity index (χ1v) is 8.06. The van der Waals surface area contributed by atoms with Crippen molar-refractivity contribution in [2.75, 3.05) is 13.1 Å². The number of rotatable bonds is 12. The largest absolute Gasteiger partial charge is 0.370 e. The van der Waals surface area contributed by atoms with Crippen molar-refractivity contribution < 1.29 is 4.79 Å². The summed E-state index contributed by atoms with van der Waals surface area (Å²) in [6.07, 6.45) is 10.8. The summed E-state index contributed by atoms with van der Waals surface area (Å²) < 4.78 is 0. The van der Waals surface area contributed by atoms with Crippen LogP contribution < -0.4 is 16.8 Å². The Morgan fingerprint density at radius 2 is 1.81 bits per heavy atom. The fourth-order valence-corrected chi connectivity index (χ4v) is 2.01. The number of aliphatic imine (C=N–C) groups is 1. The van der Waals surface area contributed by atoms with Crippen molar-refractivity contribution in [3.63, 3.8) is 0 Å².